The van der Waals surface area contributed by atoms with E-state index in [-0.39, 0.29) is 35.5 Å². The molecule has 1 aromatic heterocycles. The van der Waals surface area contributed by atoms with Gasteiger partial charge in [0.15, 0.2) is 5.13 Å². The summed E-state index contributed by atoms with van der Waals surface area (Å²) in [4.78, 5) is 33.6. The number of thiazole rings is 1. The lowest BCUT2D eigenvalue weighted by Crippen LogP contribution is -2.41. The molecule has 2 heterocycles. The zero-order valence-electron chi connectivity index (χ0n) is 17.2. The number of aromatic nitrogens is 1. The van der Waals surface area contributed by atoms with Gasteiger partial charge in [0.2, 0.25) is 11.8 Å². The van der Waals surface area contributed by atoms with Gasteiger partial charge < -0.3 is 4.74 Å². The number of ether oxygens (including phenoxy) is 1. The molecule has 1 fully saturated rings. The number of benzene rings is 3. The van der Waals surface area contributed by atoms with E-state index in [9.17, 15) is 9.59 Å². The molecule has 6 heteroatoms. The van der Waals surface area contributed by atoms with Crippen molar-refractivity contribution in [3.63, 3.8) is 0 Å². The van der Waals surface area contributed by atoms with E-state index in [4.69, 9.17) is 4.74 Å². The second-order valence-corrected chi connectivity index (χ2v) is 9.62. The quantitative estimate of drug-likeness (QED) is 0.426. The lowest BCUT2D eigenvalue weighted by molar-refractivity contribution is -0.122. The monoisotopic (exact) mass is 438 g/mol. The SMILES string of the molecule is COc1ccc2nc(N3C(=O)[C@@H]4C5c6ccccc6C(c6ccccc65)[C@H]4C3=O)sc2c1. The maximum absolute atomic E-state index is 13.8. The maximum atomic E-state index is 13.8. The summed E-state index contributed by atoms with van der Waals surface area (Å²) >= 11 is 1.36. The molecule has 5 nitrogen and oxygen atoms in total. The number of carbonyl (C=O) groups is 2. The van der Waals surface area contributed by atoms with Crippen molar-refractivity contribution in [3.05, 3.63) is 89.0 Å². The zero-order valence-corrected chi connectivity index (χ0v) is 18.0. The Kier molecular flexibility index (Phi) is 3.54. The van der Waals surface area contributed by atoms with E-state index < -0.39 is 0 Å². The van der Waals surface area contributed by atoms with Crippen LogP contribution in [-0.2, 0) is 9.59 Å². The Bertz CT molecular complexity index is 1340. The number of rotatable bonds is 2. The Hall–Kier alpha value is -3.51. The first-order valence-electron chi connectivity index (χ1n) is 10.7. The van der Waals surface area contributed by atoms with Gasteiger partial charge in [-0.25, -0.2) is 9.88 Å². The molecule has 0 saturated carbocycles. The number of anilines is 1. The first-order chi connectivity index (χ1) is 15.7. The van der Waals surface area contributed by atoms with E-state index in [2.05, 4.69) is 29.2 Å². The molecule has 4 aromatic rings. The highest BCUT2D eigenvalue weighted by atomic mass is 32.1. The molecule has 8 rings (SSSR count). The lowest BCUT2D eigenvalue weighted by Gasteiger charge is -2.45. The van der Waals surface area contributed by atoms with Gasteiger partial charge in [0.05, 0.1) is 29.2 Å². The van der Waals surface area contributed by atoms with Crippen LogP contribution in [0.3, 0.4) is 0 Å². The van der Waals surface area contributed by atoms with Gasteiger partial charge in [0.25, 0.3) is 0 Å². The van der Waals surface area contributed by atoms with Crippen LogP contribution >= 0.6 is 11.3 Å². The minimum Gasteiger partial charge on any atom is -0.497 e. The van der Waals surface area contributed by atoms with Crippen LogP contribution in [0.15, 0.2) is 66.7 Å². The van der Waals surface area contributed by atoms with Gasteiger partial charge in [-0.05, 0) is 40.5 Å². The summed E-state index contributed by atoms with van der Waals surface area (Å²) in [7, 11) is 1.62. The summed E-state index contributed by atoms with van der Waals surface area (Å²) in [6, 6.07) is 22.2. The summed E-state index contributed by atoms with van der Waals surface area (Å²) in [5, 5.41) is 0.449. The number of fused-ring (bicyclic) bond motifs is 1. The van der Waals surface area contributed by atoms with Crippen LogP contribution in [-0.4, -0.2) is 23.9 Å². The van der Waals surface area contributed by atoms with Gasteiger partial charge in [-0.15, -0.1) is 0 Å². The maximum Gasteiger partial charge on any atom is 0.240 e. The van der Waals surface area contributed by atoms with Crippen LogP contribution in [0, 0.1) is 11.8 Å². The highest BCUT2D eigenvalue weighted by Gasteiger charge is 2.62. The minimum absolute atomic E-state index is 0.103. The highest BCUT2D eigenvalue weighted by Crippen LogP contribution is 2.61. The zero-order chi connectivity index (χ0) is 21.6. The average Bonchev–Trinajstić information content (AvgIpc) is 3.36. The fourth-order valence-corrected chi connectivity index (χ4v) is 6.99. The van der Waals surface area contributed by atoms with E-state index in [1.807, 2.05) is 42.5 Å². The molecule has 2 bridgehead atoms. The van der Waals surface area contributed by atoms with Crippen LogP contribution in [0.25, 0.3) is 10.2 Å². The minimum atomic E-state index is -0.390. The van der Waals surface area contributed by atoms with E-state index in [1.165, 1.54) is 38.5 Å². The predicted molar refractivity (Wildman–Crippen MR) is 122 cm³/mol. The van der Waals surface area contributed by atoms with Crippen LogP contribution in [0.5, 0.6) is 5.75 Å². The Morgan fingerprint density at radius 3 is 1.84 bits per heavy atom. The standard InChI is InChI=1S/C26H18N2O3S/c1-31-13-10-11-18-19(12-13)32-26(27-18)28-24(29)22-20-14-6-2-3-7-15(14)21(23(22)25(28)30)17-9-5-4-8-16(17)20/h2-12,20-23H,1H3/t20?,21?,22-,23-/m1/s1. The number of methoxy groups -OCH3 is 1. The van der Waals surface area contributed by atoms with Crippen LogP contribution in [0.2, 0.25) is 0 Å². The van der Waals surface area contributed by atoms with E-state index in [1.54, 1.807) is 7.11 Å². The van der Waals surface area contributed by atoms with Crippen molar-refractivity contribution in [2.24, 2.45) is 11.8 Å². The molecule has 156 valence electrons. The molecular weight excluding hydrogens is 420 g/mol. The molecule has 4 aliphatic rings. The molecule has 3 aromatic carbocycles. The van der Waals surface area contributed by atoms with Gasteiger partial charge in [-0.2, -0.15) is 0 Å². The van der Waals surface area contributed by atoms with Crippen molar-refractivity contribution in [2.45, 2.75) is 11.8 Å². The Morgan fingerprint density at radius 1 is 0.812 bits per heavy atom. The number of hydrogen-bond donors (Lipinski definition) is 0. The molecule has 0 unspecified atom stereocenters. The fourth-order valence-electron chi connectivity index (χ4n) is 5.98. The van der Waals surface area contributed by atoms with E-state index in [0.717, 1.165) is 16.0 Å². The Morgan fingerprint density at radius 2 is 1.34 bits per heavy atom. The van der Waals surface area contributed by atoms with Gasteiger partial charge >= 0.3 is 0 Å². The molecule has 0 radical (unpaired) electrons. The topological polar surface area (TPSA) is 59.5 Å². The van der Waals surface area contributed by atoms with Crippen molar-refractivity contribution in [1.82, 2.24) is 4.98 Å². The van der Waals surface area contributed by atoms with Crippen LogP contribution in [0.4, 0.5) is 5.13 Å². The van der Waals surface area contributed by atoms with Crippen molar-refractivity contribution in [3.8, 4) is 5.75 Å². The Balaban J connectivity index is 1.40. The third-order valence-corrected chi connectivity index (χ3v) is 8.23. The molecule has 3 aliphatic carbocycles. The first kappa shape index (κ1) is 18.1. The fraction of sp³-hybridized carbons (Fsp3) is 0.192. The summed E-state index contributed by atoms with van der Waals surface area (Å²) in [6.45, 7) is 0. The normalized spacial score (nSPS) is 25.1. The number of amides is 2. The molecular formula is C26H18N2O3S. The summed E-state index contributed by atoms with van der Waals surface area (Å²) in [5.41, 5.74) is 5.46. The molecule has 32 heavy (non-hydrogen) atoms. The van der Waals surface area contributed by atoms with Gasteiger partial charge in [0.1, 0.15) is 5.75 Å². The first-order valence-corrected chi connectivity index (χ1v) is 11.5. The van der Waals surface area contributed by atoms with Crippen molar-refractivity contribution in [2.75, 3.05) is 12.0 Å². The van der Waals surface area contributed by atoms with Gasteiger partial charge in [0, 0.05) is 11.8 Å². The molecule has 0 spiro atoms. The molecule has 0 N–H and O–H groups in total. The third-order valence-electron chi connectivity index (χ3n) is 7.22. The molecule has 1 saturated heterocycles. The smallest absolute Gasteiger partial charge is 0.240 e. The molecule has 2 amide bonds. The van der Waals surface area contributed by atoms with Crippen LogP contribution in [0.1, 0.15) is 34.1 Å². The summed E-state index contributed by atoms with van der Waals surface area (Å²) in [6.07, 6.45) is 0. The lowest BCUT2D eigenvalue weighted by atomic mass is 9.55. The predicted octanol–water partition coefficient (Wildman–Crippen LogP) is 4.70. The number of carbonyl (C=O) groups excluding carboxylic acids is 2. The van der Waals surface area contributed by atoms with E-state index >= 15 is 0 Å². The molecule has 1 aliphatic heterocycles. The second kappa shape index (κ2) is 6.26. The van der Waals surface area contributed by atoms with Gasteiger partial charge in [-0.3, -0.25) is 9.59 Å². The van der Waals surface area contributed by atoms with Gasteiger partial charge in [-0.1, -0.05) is 59.9 Å². The van der Waals surface area contributed by atoms with E-state index in [0.29, 0.717) is 5.13 Å². The number of imide groups is 1. The largest absolute Gasteiger partial charge is 0.497 e. The summed E-state index contributed by atoms with van der Waals surface area (Å²) in [5.74, 6) is -0.529. The molecule has 2 atom stereocenters. The second-order valence-electron chi connectivity index (χ2n) is 8.61. The number of nitrogens with zero attached hydrogens (tertiary/aromatic N) is 2. The Labute approximate surface area is 188 Å². The highest BCUT2D eigenvalue weighted by molar-refractivity contribution is 7.22. The van der Waals surface area contributed by atoms with Crippen molar-refractivity contribution >= 4 is 38.5 Å². The average molecular weight is 439 g/mol. The van der Waals surface area contributed by atoms with Crippen LogP contribution < -0.4 is 9.64 Å². The van der Waals surface area contributed by atoms with Crippen molar-refractivity contribution in [1.29, 1.82) is 0 Å². The van der Waals surface area contributed by atoms with Crippen molar-refractivity contribution < 1.29 is 14.3 Å². The summed E-state index contributed by atoms with van der Waals surface area (Å²) < 4.78 is 6.21. The third kappa shape index (κ3) is 2.15. The number of hydrogen-bond acceptors (Lipinski definition) is 5.